The maximum Gasteiger partial charge on any atom is 0.231 e. The van der Waals surface area contributed by atoms with Crippen molar-refractivity contribution in [2.45, 2.75) is 6.54 Å². The molecule has 7 heteroatoms. The van der Waals surface area contributed by atoms with Crippen LogP contribution in [0.4, 0.5) is 0 Å². The first kappa shape index (κ1) is 18.5. The number of rotatable bonds is 5. The number of benzene rings is 2. The van der Waals surface area contributed by atoms with Crippen molar-refractivity contribution in [2.24, 2.45) is 0 Å². The SMILES string of the molecule is N#CCN(CC#N)Cc1c(O)ccc2c1O/C(=C/c1ccc(Cl)cc1)C2=O. The largest absolute Gasteiger partial charge is 0.507 e. The summed E-state index contributed by atoms with van der Waals surface area (Å²) in [5.74, 6) is 0.0240. The van der Waals surface area contributed by atoms with Crippen molar-refractivity contribution >= 4 is 23.5 Å². The third-order valence-electron chi connectivity index (χ3n) is 4.05. The van der Waals surface area contributed by atoms with E-state index in [1.54, 1.807) is 35.2 Å². The summed E-state index contributed by atoms with van der Waals surface area (Å²) in [5, 5.41) is 28.6. The number of phenols is 1. The number of halogens is 1. The molecule has 1 heterocycles. The topological polar surface area (TPSA) is 97.3 Å². The van der Waals surface area contributed by atoms with Gasteiger partial charge in [-0.25, -0.2) is 0 Å². The van der Waals surface area contributed by atoms with Gasteiger partial charge in [-0.1, -0.05) is 23.7 Å². The fraction of sp³-hybridized carbons (Fsp3) is 0.150. The van der Waals surface area contributed by atoms with Gasteiger partial charge in [0.2, 0.25) is 5.78 Å². The molecule has 0 amide bonds. The van der Waals surface area contributed by atoms with Gasteiger partial charge in [-0.15, -0.1) is 0 Å². The summed E-state index contributed by atoms with van der Waals surface area (Å²) in [7, 11) is 0. The molecule has 6 nitrogen and oxygen atoms in total. The maximum atomic E-state index is 12.6. The van der Waals surface area contributed by atoms with Crippen molar-refractivity contribution in [2.75, 3.05) is 13.1 Å². The zero-order valence-electron chi connectivity index (χ0n) is 14.1. The molecule has 0 radical (unpaired) electrons. The van der Waals surface area contributed by atoms with E-state index in [2.05, 4.69) is 0 Å². The van der Waals surface area contributed by atoms with Gasteiger partial charge in [0.1, 0.15) is 11.5 Å². The highest BCUT2D eigenvalue weighted by Crippen LogP contribution is 2.40. The van der Waals surface area contributed by atoms with Crippen molar-refractivity contribution < 1.29 is 14.6 Å². The van der Waals surface area contributed by atoms with Crippen LogP contribution in [0.2, 0.25) is 5.02 Å². The monoisotopic (exact) mass is 379 g/mol. The second-order valence-corrected chi connectivity index (χ2v) is 6.33. The van der Waals surface area contributed by atoms with Crippen LogP contribution in [0.5, 0.6) is 11.5 Å². The minimum Gasteiger partial charge on any atom is -0.507 e. The van der Waals surface area contributed by atoms with Crippen LogP contribution >= 0.6 is 11.6 Å². The van der Waals surface area contributed by atoms with Crippen LogP contribution in [0.3, 0.4) is 0 Å². The molecule has 0 saturated heterocycles. The Kier molecular flexibility index (Phi) is 5.42. The van der Waals surface area contributed by atoms with Crippen LogP contribution in [-0.2, 0) is 6.54 Å². The minimum atomic E-state index is -0.298. The molecule has 0 spiro atoms. The van der Waals surface area contributed by atoms with E-state index in [1.165, 1.54) is 12.1 Å². The molecular weight excluding hydrogens is 366 g/mol. The highest BCUT2D eigenvalue weighted by molar-refractivity contribution is 6.30. The van der Waals surface area contributed by atoms with Crippen molar-refractivity contribution in [1.29, 1.82) is 10.5 Å². The Morgan fingerprint density at radius 2 is 1.78 bits per heavy atom. The number of phenolic OH excluding ortho intramolecular Hbond substituents is 1. The molecule has 1 aliphatic rings. The Morgan fingerprint density at radius 1 is 1.11 bits per heavy atom. The number of hydrogen-bond acceptors (Lipinski definition) is 6. The Labute approximate surface area is 161 Å². The molecule has 0 bridgehead atoms. The number of nitriles is 2. The van der Waals surface area contributed by atoms with E-state index >= 15 is 0 Å². The lowest BCUT2D eigenvalue weighted by Gasteiger charge is -2.17. The molecule has 0 aromatic heterocycles. The molecule has 1 aliphatic heterocycles. The number of Topliss-reactive ketones (excluding diaryl/α,β-unsaturated/α-hetero) is 1. The fourth-order valence-corrected chi connectivity index (χ4v) is 2.88. The van der Waals surface area contributed by atoms with Crippen LogP contribution in [-0.4, -0.2) is 28.9 Å². The highest BCUT2D eigenvalue weighted by Gasteiger charge is 2.31. The quantitative estimate of drug-likeness (QED) is 0.630. The highest BCUT2D eigenvalue weighted by atomic mass is 35.5. The number of allylic oxidation sites excluding steroid dienone is 1. The van der Waals surface area contributed by atoms with Crippen LogP contribution in [0.25, 0.3) is 6.08 Å². The molecular formula is C20H14ClN3O3. The van der Waals surface area contributed by atoms with Gasteiger partial charge in [0.25, 0.3) is 0 Å². The Balaban J connectivity index is 1.95. The zero-order chi connectivity index (χ0) is 19.4. The predicted octanol–water partition coefficient (Wildman–Crippen LogP) is 3.51. The first-order valence-electron chi connectivity index (χ1n) is 8.04. The second-order valence-electron chi connectivity index (χ2n) is 5.89. The number of fused-ring (bicyclic) bond motifs is 1. The normalized spacial score (nSPS) is 13.9. The van der Waals surface area contributed by atoms with Gasteiger partial charge in [0.05, 0.1) is 36.4 Å². The lowest BCUT2D eigenvalue weighted by Crippen LogP contribution is -2.24. The van der Waals surface area contributed by atoms with Crippen LogP contribution in [0, 0.1) is 22.7 Å². The van der Waals surface area contributed by atoms with E-state index in [-0.39, 0.29) is 42.7 Å². The van der Waals surface area contributed by atoms with Gasteiger partial charge >= 0.3 is 0 Å². The molecule has 0 unspecified atom stereocenters. The Morgan fingerprint density at radius 3 is 2.41 bits per heavy atom. The number of carbonyl (C=O) groups is 1. The van der Waals surface area contributed by atoms with E-state index in [4.69, 9.17) is 26.9 Å². The Bertz CT molecular complexity index is 985. The maximum absolute atomic E-state index is 12.6. The van der Waals surface area contributed by atoms with Gasteiger partial charge in [0, 0.05) is 11.6 Å². The lowest BCUT2D eigenvalue weighted by molar-refractivity contribution is 0.101. The molecule has 0 aliphatic carbocycles. The first-order chi connectivity index (χ1) is 13.0. The third-order valence-corrected chi connectivity index (χ3v) is 4.31. The van der Waals surface area contributed by atoms with Crippen molar-refractivity contribution in [3.63, 3.8) is 0 Å². The smallest absolute Gasteiger partial charge is 0.231 e. The summed E-state index contributed by atoms with van der Waals surface area (Å²) in [5.41, 5.74) is 1.44. The molecule has 0 fully saturated rings. The molecule has 0 atom stereocenters. The average molecular weight is 380 g/mol. The summed E-state index contributed by atoms with van der Waals surface area (Å²) in [6.45, 7) is 0.133. The summed E-state index contributed by atoms with van der Waals surface area (Å²) in [6.07, 6.45) is 1.60. The van der Waals surface area contributed by atoms with Crippen molar-refractivity contribution in [1.82, 2.24) is 4.90 Å². The molecule has 27 heavy (non-hydrogen) atoms. The van der Waals surface area contributed by atoms with Gasteiger partial charge in [0.15, 0.2) is 5.76 Å². The number of hydrogen-bond donors (Lipinski definition) is 1. The van der Waals surface area contributed by atoms with E-state index in [0.717, 1.165) is 5.56 Å². The van der Waals surface area contributed by atoms with Gasteiger partial charge in [-0.05, 0) is 35.9 Å². The number of carbonyl (C=O) groups excluding carboxylic acids is 1. The molecule has 3 rings (SSSR count). The van der Waals surface area contributed by atoms with E-state index in [0.29, 0.717) is 16.1 Å². The molecule has 2 aromatic carbocycles. The minimum absolute atomic E-state index is 0.0120. The molecule has 1 N–H and O–H groups in total. The fourth-order valence-electron chi connectivity index (χ4n) is 2.75. The van der Waals surface area contributed by atoms with Gasteiger partial charge in [-0.3, -0.25) is 9.69 Å². The van der Waals surface area contributed by atoms with Crippen molar-refractivity contribution in [3.05, 3.63) is 63.9 Å². The first-order valence-corrected chi connectivity index (χ1v) is 8.42. The van der Waals surface area contributed by atoms with Gasteiger partial charge < -0.3 is 9.84 Å². The van der Waals surface area contributed by atoms with Crippen LogP contribution < -0.4 is 4.74 Å². The Hall–Kier alpha value is -3.32. The lowest BCUT2D eigenvalue weighted by atomic mass is 10.0. The van der Waals surface area contributed by atoms with Crippen molar-refractivity contribution in [3.8, 4) is 23.6 Å². The standard InChI is InChI=1S/C20H14ClN3O3/c21-14-3-1-13(2-4-14)11-18-19(26)15-5-6-17(25)16(20(15)27-18)12-24(9-7-22)10-8-23/h1-6,11,25H,9-10,12H2/b18-11+. The summed E-state index contributed by atoms with van der Waals surface area (Å²) < 4.78 is 5.75. The van der Waals surface area contributed by atoms with Crippen LogP contribution in [0.1, 0.15) is 21.5 Å². The molecule has 134 valence electrons. The average Bonchev–Trinajstić information content (AvgIpc) is 2.96. The summed E-state index contributed by atoms with van der Waals surface area (Å²) >= 11 is 5.87. The number of nitrogens with zero attached hydrogens (tertiary/aromatic N) is 3. The summed E-state index contributed by atoms with van der Waals surface area (Å²) in [4.78, 5) is 14.2. The number of ketones is 1. The zero-order valence-corrected chi connectivity index (χ0v) is 14.9. The number of aromatic hydroxyl groups is 1. The van der Waals surface area contributed by atoms with Gasteiger partial charge in [-0.2, -0.15) is 10.5 Å². The third kappa shape index (κ3) is 3.93. The second kappa shape index (κ2) is 7.92. The predicted molar refractivity (Wildman–Crippen MR) is 99.0 cm³/mol. The summed E-state index contributed by atoms with van der Waals surface area (Å²) in [6, 6.07) is 13.8. The van der Waals surface area contributed by atoms with E-state index in [1.807, 2.05) is 12.1 Å². The van der Waals surface area contributed by atoms with Crippen LogP contribution in [0.15, 0.2) is 42.2 Å². The number of ether oxygens (including phenoxy) is 1. The van der Waals surface area contributed by atoms with E-state index in [9.17, 15) is 9.90 Å². The molecule has 0 saturated carbocycles. The van der Waals surface area contributed by atoms with E-state index < -0.39 is 0 Å². The molecule has 2 aromatic rings.